The third kappa shape index (κ3) is 5.12. The summed E-state index contributed by atoms with van der Waals surface area (Å²) in [5.74, 6) is -0.541. The van der Waals surface area contributed by atoms with Gasteiger partial charge in [-0.25, -0.2) is 9.59 Å². The van der Waals surface area contributed by atoms with Crippen molar-refractivity contribution >= 4 is 23.6 Å². The third-order valence-corrected chi connectivity index (χ3v) is 4.92. The summed E-state index contributed by atoms with van der Waals surface area (Å²) in [5.41, 5.74) is 2.23. The number of allylic oxidation sites excluding steroid dienone is 1. The van der Waals surface area contributed by atoms with Crippen LogP contribution in [0.5, 0.6) is 0 Å². The third-order valence-electron chi connectivity index (χ3n) is 4.92. The van der Waals surface area contributed by atoms with E-state index in [9.17, 15) is 14.4 Å². The van der Waals surface area contributed by atoms with E-state index in [1.54, 1.807) is 32.2 Å². The second-order valence-corrected chi connectivity index (χ2v) is 6.92. The van der Waals surface area contributed by atoms with Crippen molar-refractivity contribution in [1.82, 2.24) is 10.2 Å². The number of amides is 3. The van der Waals surface area contributed by atoms with Crippen molar-refractivity contribution in [2.45, 2.75) is 52.0 Å². The fraction of sp³-hybridized carbons (Fsp3) is 0.476. The quantitative estimate of drug-likeness (QED) is 0.525. The van der Waals surface area contributed by atoms with E-state index in [1.807, 2.05) is 6.07 Å². The van der Waals surface area contributed by atoms with Crippen LogP contribution in [0.4, 0.5) is 10.5 Å². The molecule has 0 fully saturated rings. The number of esters is 1. The molecule has 0 aliphatic carbocycles. The largest absolute Gasteiger partial charge is 0.466 e. The van der Waals surface area contributed by atoms with Crippen LogP contribution in [0.2, 0.25) is 0 Å². The summed E-state index contributed by atoms with van der Waals surface area (Å²) in [7, 11) is 2.91. The highest BCUT2D eigenvalue weighted by Gasteiger charge is 2.34. The Morgan fingerprint density at radius 3 is 2.68 bits per heavy atom. The number of rotatable bonds is 8. The molecule has 1 aliphatic heterocycles. The number of nitrogens with zero attached hydrogens (tertiary/aromatic N) is 1. The van der Waals surface area contributed by atoms with Gasteiger partial charge in [-0.1, -0.05) is 38.3 Å². The zero-order valence-electron chi connectivity index (χ0n) is 17.0. The summed E-state index contributed by atoms with van der Waals surface area (Å²) in [6.45, 7) is 3.84. The SMILES string of the molecule is CCCCCCC(=O)Nc1cccc(C2NC(=O)N(C)C(C)=C2C(=O)OC)c1. The Bertz CT molecular complexity index is 773. The van der Waals surface area contributed by atoms with Gasteiger partial charge in [0.25, 0.3) is 0 Å². The smallest absolute Gasteiger partial charge is 0.337 e. The van der Waals surface area contributed by atoms with Crippen LogP contribution in [-0.4, -0.2) is 37.0 Å². The van der Waals surface area contributed by atoms with Crippen LogP contribution >= 0.6 is 0 Å². The number of nitrogens with one attached hydrogen (secondary N) is 2. The molecule has 7 nitrogen and oxygen atoms in total. The van der Waals surface area contributed by atoms with Crippen molar-refractivity contribution in [1.29, 1.82) is 0 Å². The van der Waals surface area contributed by atoms with Gasteiger partial charge in [-0.2, -0.15) is 0 Å². The molecule has 2 rings (SSSR count). The van der Waals surface area contributed by atoms with E-state index in [1.165, 1.54) is 12.0 Å². The van der Waals surface area contributed by atoms with Gasteiger partial charge in [-0.3, -0.25) is 4.79 Å². The van der Waals surface area contributed by atoms with Gasteiger partial charge in [0.05, 0.1) is 18.7 Å². The molecule has 7 heteroatoms. The minimum atomic E-state index is -0.641. The van der Waals surface area contributed by atoms with Gasteiger partial charge in [0.2, 0.25) is 5.91 Å². The van der Waals surface area contributed by atoms with E-state index < -0.39 is 12.0 Å². The van der Waals surface area contributed by atoms with Crippen LogP contribution in [0.3, 0.4) is 0 Å². The van der Waals surface area contributed by atoms with Gasteiger partial charge in [-0.05, 0) is 31.0 Å². The van der Waals surface area contributed by atoms with Gasteiger partial charge >= 0.3 is 12.0 Å². The maximum Gasteiger partial charge on any atom is 0.337 e. The lowest BCUT2D eigenvalue weighted by atomic mass is 9.94. The van der Waals surface area contributed by atoms with Gasteiger partial charge in [0, 0.05) is 24.9 Å². The van der Waals surface area contributed by atoms with Crippen molar-refractivity contribution in [2.24, 2.45) is 0 Å². The summed E-state index contributed by atoms with van der Waals surface area (Å²) in [6.07, 6.45) is 4.63. The van der Waals surface area contributed by atoms with Crippen LogP contribution in [0.15, 0.2) is 35.5 Å². The van der Waals surface area contributed by atoms with Crippen molar-refractivity contribution in [3.05, 3.63) is 41.1 Å². The van der Waals surface area contributed by atoms with Crippen LogP contribution in [-0.2, 0) is 14.3 Å². The molecule has 1 aromatic rings. The normalized spacial score (nSPS) is 16.6. The molecule has 1 aromatic carbocycles. The molecular weight excluding hydrogens is 358 g/mol. The Kier molecular flexibility index (Phi) is 7.61. The number of methoxy groups -OCH3 is 1. The average molecular weight is 387 g/mol. The Morgan fingerprint density at radius 1 is 1.25 bits per heavy atom. The predicted octanol–water partition coefficient (Wildman–Crippen LogP) is 3.74. The second kappa shape index (κ2) is 9.92. The van der Waals surface area contributed by atoms with Crippen molar-refractivity contribution in [3.63, 3.8) is 0 Å². The first-order valence-electron chi connectivity index (χ1n) is 9.62. The Morgan fingerprint density at radius 2 is 2.00 bits per heavy atom. The molecular formula is C21H29N3O4. The van der Waals surface area contributed by atoms with E-state index in [0.717, 1.165) is 25.7 Å². The van der Waals surface area contributed by atoms with Crippen LogP contribution in [0.25, 0.3) is 0 Å². The zero-order valence-corrected chi connectivity index (χ0v) is 17.0. The van der Waals surface area contributed by atoms with Gasteiger partial charge in [0.1, 0.15) is 0 Å². The Balaban J connectivity index is 2.20. The fourth-order valence-corrected chi connectivity index (χ4v) is 3.19. The average Bonchev–Trinajstić information content (AvgIpc) is 2.69. The highest BCUT2D eigenvalue weighted by Crippen LogP contribution is 2.31. The zero-order chi connectivity index (χ0) is 20.7. The van der Waals surface area contributed by atoms with Crippen molar-refractivity contribution < 1.29 is 19.1 Å². The lowest BCUT2D eigenvalue weighted by Crippen LogP contribution is -2.46. The van der Waals surface area contributed by atoms with Crippen molar-refractivity contribution in [2.75, 3.05) is 19.5 Å². The number of carbonyl (C=O) groups is 3. The van der Waals surface area contributed by atoms with E-state index in [2.05, 4.69) is 17.6 Å². The first-order chi connectivity index (χ1) is 13.4. The minimum Gasteiger partial charge on any atom is -0.466 e. The molecule has 0 spiro atoms. The monoisotopic (exact) mass is 387 g/mol. The number of unbranched alkanes of at least 4 members (excludes halogenated alkanes) is 3. The fourth-order valence-electron chi connectivity index (χ4n) is 3.19. The van der Waals surface area contributed by atoms with Crippen LogP contribution < -0.4 is 10.6 Å². The molecule has 1 unspecified atom stereocenters. The molecule has 0 bridgehead atoms. The van der Waals surface area contributed by atoms with Gasteiger partial charge < -0.3 is 20.3 Å². The summed E-state index contributed by atoms with van der Waals surface area (Å²) in [6, 6.07) is 6.22. The van der Waals surface area contributed by atoms with Gasteiger partial charge in [0.15, 0.2) is 0 Å². The number of carbonyl (C=O) groups excluding carboxylic acids is 3. The number of ether oxygens (including phenoxy) is 1. The van der Waals surface area contributed by atoms with Crippen molar-refractivity contribution in [3.8, 4) is 0 Å². The highest BCUT2D eigenvalue weighted by molar-refractivity contribution is 5.95. The minimum absolute atomic E-state index is 0.0411. The number of urea groups is 1. The number of benzene rings is 1. The first-order valence-corrected chi connectivity index (χ1v) is 9.62. The molecule has 0 radical (unpaired) electrons. The van der Waals surface area contributed by atoms with Crippen LogP contribution in [0, 0.1) is 0 Å². The first kappa shape index (κ1) is 21.5. The summed E-state index contributed by atoms with van der Waals surface area (Å²) >= 11 is 0. The predicted molar refractivity (Wildman–Crippen MR) is 108 cm³/mol. The van der Waals surface area contributed by atoms with E-state index in [-0.39, 0.29) is 11.9 Å². The number of hydrogen-bond acceptors (Lipinski definition) is 4. The second-order valence-electron chi connectivity index (χ2n) is 6.92. The summed E-state index contributed by atoms with van der Waals surface area (Å²) in [5, 5.41) is 5.72. The lowest BCUT2D eigenvalue weighted by molar-refractivity contribution is -0.136. The van der Waals surface area contributed by atoms with Crippen LogP contribution in [0.1, 0.15) is 57.6 Å². The molecule has 0 aromatic heterocycles. The molecule has 28 heavy (non-hydrogen) atoms. The topological polar surface area (TPSA) is 87.7 Å². The van der Waals surface area contributed by atoms with E-state index >= 15 is 0 Å². The Hall–Kier alpha value is -2.83. The maximum absolute atomic E-state index is 12.3. The number of anilines is 1. The molecule has 0 saturated carbocycles. The molecule has 0 saturated heterocycles. The summed E-state index contributed by atoms with van der Waals surface area (Å²) in [4.78, 5) is 38.1. The molecule has 1 aliphatic rings. The highest BCUT2D eigenvalue weighted by atomic mass is 16.5. The maximum atomic E-state index is 12.3. The summed E-state index contributed by atoms with van der Waals surface area (Å²) < 4.78 is 4.91. The van der Waals surface area contributed by atoms with E-state index in [4.69, 9.17) is 4.74 Å². The molecule has 2 N–H and O–H groups in total. The molecule has 152 valence electrons. The number of hydrogen-bond donors (Lipinski definition) is 2. The molecule has 3 amide bonds. The van der Waals surface area contributed by atoms with E-state index in [0.29, 0.717) is 28.9 Å². The lowest BCUT2D eigenvalue weighted by Gasteiger charge is -2.33. The Labute approximate surface area is 166 Å². The van der Waals surface area contributed by atoms with Gasteiger partial charge in [-0.15, -0.1) is 0 Å². The molecule has 1 heterocycles. The standard InChI is InChI=1S/C21H29N3O4/c1-5-6-7-8-12-17(25)22-16-11-9-10-15(13-16)19-18(20(26)28-4)14(2)24(3)21(27)23-19/h9-11,13,19H,5-8,12H2,1-4H3,(H,22,25)(H,23,27). The molecule has 1 atom stereocenters.